The maximum absolute atomic E-state index is 6.06. The van der Waals surface area contributed by atoms with Crippen molar-refractivity contribution in [3.8, 4) is 0 Å². The van der Waals surface area contributed by atoms with Crippen LogP contribution < -0.4 is 10.6 Å². The van der Waals surface area contributed by atoms with Crippen molar-refractivity contribution in [2.75, 3.05) is 31.7 Å². The maximum Gasteiger partial charge on any atom is 0.0507 e. The Hall–Kier alpha value is -1.06. The third-order valence-corrected chi connectivity index (χ3v) is 3.69. The van der Waals surface area contributed by atoms with Crippen molar-refractivity contribution in [1.82, 2.24) is 0 Å². The van der Waals surface area contributed by atoms with E-state index in [-0.39, 0.29) is 6.04 Å². The summed E-state index contributed by atoms with van der Waals surface area (Å²) in [5, 5.41) is 0. The van der Waals surface area contributed by atoms with Crippen LogP contribution in [0.5, 0.6) is 0 Å². The minimum atomic E-state index is 0.0870. The molecule has 2 rings (SSSR count). The molecule has 1 unspecified atom stereocenters. The van der Waals surface area contributed by atoms with Gasteiger partial charge in [0.05, 0.1) is 6.61 Å². The molecule has 3 heteroatoms. The smallest absolute Gasteiger partial charge is 0.0507 e. The average Bonchev–Trinajstić information content (AvgIpc) is 2.39. The third-order valence-electron chi connectivity index (χ3n) is 3.69. The molecule has 3 nitrogen and oxygen atoms in total. The van der Waals surface area contributed by atoms with Gasteiger partial charge in [-0.1, -0.05) is 18.2 Å². The van der Waals surface area contributed by atoms with E-state index >= 15 is 0 Å². The summed E-state index contributed by atoms with van der Waals surface area (Å²) in [6, 6.07) is 8.58. The second-order valence-electron chi connectivity index (χ2n) is 5.26. The van der Waals surface area contributed by atoms with Crippen molar-refractivity contribution in [2.24, 2.45) is 11.7 Å². The van der Waals surface area contributed by atoms with E-state index in [4.69, 9.17) is 10.5 Å². The number of anilines is 1. The Kier molecular flexibility index (Phi) is 4.61. The fourth-order valence-corrected chi connectivity index (χ4v) is 2.82. The first-order valence-corrected chi connectivity index (χ1v) is 6.80. The third kappa shape index (κ3) is 3.03. The van der Waals surface area contributed by atoms with Gasteiger partial charge in [-0.15, -0.1) is 0 Å². The van der Waals surface area contributed by atoms with E-state index in [2.05, 4.69) is 36.1 Å². The average molecular weight is 248 g/mol. The van der Waals surface area contributed by atoms with Gasteiger partial charge >= 0.3 is 0 Å². The van der Waals surface area contributed by atoms with E-state index in [1.807, 2.05) is 0 Å². The fourth-order valence-electron chi connectivity index (χ4n) is 2.82. The number of nitrogens with two attached hydrogens (primary N) is 1. The number of benzene rings is 1. The quantitative estimate of drug-likeness (QED) is 0.890. The summed E-state index contributed by atoms with van der Waals surface area (Å²) in [6.45, 7) is 5.12. The molecule has 0 saturated carbocycles. The highest BCUT2D eigenvalue weighted by atomic mass is 16.5. The molecule has 1 fully saturated rings. The number of hydrogen-bond acceptors (Lipinski definition) is 3. The Bertz CT molecular complexity index is 377. The lowest BCUT2D eigenvalue weighted by Gasteiger charge is -2.35. The summed E-state index contributed by atoms with van der Waals surface area (Å²) in [6.07, 6.45) is 2.51. The van der Waals surface area contributed by atoms with Crippen LogP contribution in [0, 0.1) is 5.92 Å². The zero-order valence-corrected chi connectivity index (χ0v) is 11.4. The zero-order valence-electron chi connectivity index (χ0n) is 11.4. The van der Waals surface area contributed by atoms with Gasteiger partial charge in [0.25, 0.3) is 0 Å². The SMILES string of the molecule is COCC1CCCN(c2ccccc2[C@H](C)N)C1. The minimum Gasteiger partial charge on any atom is -0.384 e. The second-order valence-corrected chi connectivity index (χ2v) is 5.26. The standard InChI is InChI=1S/C15H24N2O/c1-12(16)14-7-3-4-8-15(14)17-9-5-6-13(10-17)11-18-2/h3-4,7-8,12-13H,5-6,9-11,16H2,1-2H3/t12-,13?/m0/s1. The van der Waals surface area contributed by atoms with E-state index in [1.165, 1.54) is 24.1 Å². The van der Waals surface area contributed by atoms with E-state index in [1.54, 1.807) is 7.11 Å². The van der Waals surface area contributed by atoms with Gasteiger partial charge in [-0.05, 0) is 37.3 Å². The molecule has 18 heavy (non-hydrogen) atoms. The summed E-state index contributed by atoms with van der Waals surface area (Å²) in [5.74, 6) is 0.643. The van der Waals surface area contributed by atoms with Crippen LogP contribution in [0.3, 0.4) is 0 Å². The molecule has 0 amide bonds. The van der Waals surface area contributed by atoms with E-state index in [9.17, 15) is 0 Å². The highest BCUT2D eigenvalue weighted by molar-refractivity contribution is 5.55. The minimum absolute atomic E-state index is 0.0870. The van der Waals surface area contributed by atoms with Crippen LogP contribution in [0.15, 0.2) is 24.3 Å². The topological polar surface area (TPSA) is 38.5 Å². The molecule has 0 bridgehead atoms. The second kappa shape index (κ2) is 6.21. The molecular formula is C15H24N2O. The van der Waals surface area contributed by atoms with Crippen LogP contribution in [-0.4, -0.2) is 26.8 Å². The van der Waals surface area contributed by atoms with Crippen LogP contribution in [0.25, 0.3) is 0 Å². The molecule has 0 spiro atoms. The molecular weight excluding hydrogens is 224 g/mol. The van der Waals surface area contributed by atoms with Crippen LogP contribution in [0.1, 0.15) is 31.4 Å². The molecule has 1 aromatic carbocycles. The zero-order chi connectivity index (χ0) is 13.0. The Labute approximate surface area is 110 Å². The molecule has 1 aliphatic rings. The Morgan fingerprint density at radius 1 is 1.44 bits per heavy atom. The van der Waals surface area contributed by atoms with E-state index < -0.39 is 0 Å². The number of ether oxygens (including phenoxy) is 1. The van der Waals surface area contributed by atoms with Gasteiger partial charge in [0, 0.05) is 31.9 Å². The van der Waals surface area contributed by atoms with Crippen molar-refractivity contribution in [1.29, 1.82) is 0 Å². The van der Waals surface area contributed by atoms with Crippen molar-refractivity contribution >= 4 is 5.69 Å². The van der Waals surface area contributed by atoms with Gasteiger partial charge in [0.15, 0.2) is 0 Å². The van der Waals surface area contributed by atoms with Crippen LogP contribution in [-0.2, 0) is 4.74 Å². The normalized spacial score (nSPS) is 21.9. The Balaban J connectivity index is 2.15. The van der Waals surface area contributed by atoms with Crippen molar-refractivity contribution in [3.05, 3.63) is 29.8 Å². The summed E-state index contributed by atoms with van der Waals surface area (Å²) < 4.78 is 5.29. The number of piperidine rings is 1. The number of rotatable bonds is 4. The van der Waals surface area contributed by atoms with Crippen molar-refractivity contribution in [3.63, 3.8) is 0 Å². The molecule has 100 valence electrons. The number of hydrogen-bond donors (Lipinski definition) is 1. The first-order valence-electron chi connectivity index (χ1n) is 6.80. The largest absolute Gasteiger partial charge is 0.384 e. The van der Waals surface area contributed by atoms with Crippen LogP contribution in [0.4, 0.5) is 5.69 Å². The highest BCUT2D eigenvalue weighted by Gasteiger charge is 2.22. The highest BCUT2D eigenvalue weighted by Crippen LogP contribution is 2.29. The van der Waals surface area contributed by atoms with Crippen molar-refractivity contribution < 1.29 is 4.74 Å². The van der Waals surface area contributed by atoms with Gasteiger partial charge in [-0.25, -0.2) is 0 Å². The first kappa shape index (κ1) is 13.4. The maximum atomic E-state index is 6.06. The first-order chi connectivity index (χ1) is 8.72. The molecule has 0 aliphatic carbocycles. The van der Waals surface area contributed by atoms with Crippen LogP contribution in [0.2, 0.25) is 0 Å². The lowest BCUT2D eigenvalue weighted by molar-refractivity contribution is 0.143. The van der Waals surface area contributed by atoms with E-state index in [0.717, 1.165) is 19.7 Å². The lowest BCUT2D eigenvalue weighted by atomic mass is 9.96. The summed E-state index contributed by atoms with van der Waals surface area (Å²) in [4.78, 5) is 2.46. The van der Waals surface area contributed by atoms with Gasteiger partial charge in [-0.3, -0.25) is 0 Å². The Morgan fingerprint density at radius 3 is 2.94 bits per heavy atom. The molecule has 1 heterocycles. The molecule has 2 atom stereocenters. The molecule has 2 N–H and O–H groups in total. The molecule has 1 aromatic rings. The summed E-state index contributed by atoms with van der Waals surface area (Å²) >= 11 is 0. The molecule has 1 saturated heterocycles. The number of nitrogens with zero attached hydrogens (tertiary/aromatic N) is 1. The predicted octanol–water partition coefficient (Wildman–Crippen LogP) is 2.57. The summed E-state index contributed by atoms with van der Waals surface area (Å²) in [5.41, 5.74) is 8.61. The fraction of sp³-hybridized carbons (Fsp3) is 0.600. The molecule has 0 radical (unpaired) electrons. The lowest BCUT2D eigenvalue weighted by Crippen LogP contribution is -2.37. The predicted molar refractivity (Wildman–Crippen MR) is 75.9 cm³/mol. The van der Waals surface area contributed by atoms with Crippen molar-refractivity contribution in [2.45, 2.75) is 25.8 Å². The van der Waals surface area contributed by atoms with Gasteiger partial charge in [0.1, 0.15) is 0 Å². The van der Waals surface area contributed by atoms with Gasteiger partial charge < -0.3 is 15.4 Å². The van der Waals surface area contributed by atoms with Gasteiger partial charge in [-0.2, -0.15) is 0 Å². The van der Waals surface area contributed by atoms with E-state index in [0.29, 0.717) is 5.92 Å². The Morgan fingerprint density at radius 2 is 2.22 bits per heavy atom. The molecule has 0 aromatic heterocycles. The molecule has 1 aliphatic heterocycles. The summed E-state index contributed by atoms with van der Waals surface area (Å²) in [7, 11) is 1.79. The monoisotopic (exact) mass is 248 g/mol. The number of para-hydroxylation sites is 1. The number of methoxy groups -OCH3 is 1. The van der Waals surface area contributed by atoms with Crippen LogP contribution >= 0.6 is 0 Å². The van der Waals surface area contributed by atoms with Gasteiger partial charge in [0.2, 0.25) is 0 Å².